The number of benzene rings is 3. The van der Waals surface area contributed by atoms with Gasteiger partial charge in [-0.25, -0.2) is 9.18 Å². The van der Waals surface area contributed by atoms with Crippen LogP contribution in [0, 0.1) is 5.82 Å². The number of carbonyl (C=O) groups is 1. The maximum absolute atomic E-state index is 13.6. The van der Waals surface area contributed by atoms with E-state index in [1.54, 1.807) is 42.3 Å². The van der Waals surface area contributed by atoms with E-state index in [0.29, 0.717) is 34.2 Å². The maximum Gasteiger partial charge on any atom is 0.322 e. The lowest BCUT2D eigenvalue weighted by Crippen LogP contribution is -2.40. The van der Waals surface area contributed by atoms with Crippen LogP contribution in [0.4, 0.5) is 14.9 Å². The number of hydrogen-bond acceptors (Lipinski definition) is 4. The molecule has 0 fully saturated rings. The van der Waals surface area contributed by atoms with Crippen molar-refractivity contribution >= 4 is 29.0 Å². The van der Waals surface area contributed by atoms with E-state index < -0.39 is 0 Å². The van der Waals surface area contributed by atoms with Crippen molar-refractivity contribution in [2.75, 3.05) is 19.0 Å². The summed E-state index contributed by atoms with van der Waals surface area (Å²) in [6, 6.07) is 20.4. The van der Waals surface area contributed by atoms with E-state index in [4.69, 9.17) is 21.2 Å². The molecular formula is C25H23ClFN3O3. The summed E-state index contributed by atoms with van der Waals surface area (Å²) in [5.41, 5.74) is 2.66. The smallest absolute Gasteiger partial charge is 0.322 e. The average molecular weight is 468 g/mol. The van der Waals surface area contributed by atoms with Gasteiger partial charge in [0, 0.05) is 23.6 Å². The molecular weight excluding hydrogens is 445 g/mol. The highest BCUT2D eigenvalue weighted by atomic mass is 35.5. The summed E-state index contributed by atoms with van der Waals surface area (Å²) in [6.45, 7) is 0.532. The van der Waals surface area contributed by atoms with Crippen molar-refractivity contribution in [3.8, 4) is 5.75 Å². The number of oxime groups is 1. The maximum atomic E-state index is 13.6. The molecule has 8 heteroatoms. The van der Waals surface area contributed by atoms with Crippen molar-refractivity contribution in [3.63, 3.8) is 0 Å². The highest BCUT2D eigenvalue weighted by molar-refractivity contribution is 6.31. The van der Waals surface area contributed by atoms with E-state index in [-0.39, 0.29) is 31.0 Å². The van der Waals surface area contributed by atoms with Gasteiger partial charge in [-0.05, 0) is 35.9 Å². The first-order chi connectivity index (χ1) is 16.0. The predicted molar refractivity (Wildman–Crippen MR) is 126 cm³/mol. The molecule has 0 saturated heterocycles. The Balaban J connectivity index is 1.50. The quantitative estimate of drug-likeness (QED) is 0.483. The summed E-state index contributed by atoms with van der Waals surface area (Å²) in [5.74, 6) is 0.215. The standard InChI is InChI=1S/C25H23ClFN3O3/c1-32-24-12-5-4-11-22(24)28-25(31)30(15-18-7-2-3-10-21(18)26)16-20-14-23(29-33-20)17-8-6-9-19(27)13-17/h2-13,20H,14-16H2,1H3,(H,28,31). The van der Waals surface area contributed by atoms with Crippen LogP contribution in [0.2, 0.25) is 5.02 Å². The lowest BCUT2D eigenvalue weighted by molar-refractivity contribution is 0.0608. The molecule has 170 valence electrons. The molecule has 0 spiro atoms. The summed E-state index contributed by atoms with van der Waals surface area (Å²) >= 11 is 6.35. The van der Waals surface area contributed by atoms with E-state index in [9.17, 15) is 9.18 Å². The van der Waals surface area contributed by atoms with Crippen LogP contribution < -0.4 is 10.1 Å². The molecule has 1 N–H and O–H groups in total. The molecule has 4 rings (SSSR count). The summed E-state index contributed by atoms with van der Waals surface area (Å²) < 4.78 is 18.9. The van der Waals surface area contributed by atoms with Gasteiger partial charge in [0.25, 0.3) is 0 Å². The number of anilines is 1. The summed E-state index contributed by atoms with van der Waals surface area (Å²) in [5, 5.41) is 7.59. The molecule has 6 nitrogen and oxygen atoms in total. The average Bonchev–Trinajstić information content (AvgIpc) is 3.29. The van der Waals surface area contributed by atoms with Crippen molar-refractivity contribution in [3.05, 3.63) is 94.8 Å². The minimum atomic E-state index is -0.380. The Hall–Kier alpha value is -3.58. The zero-order valence-corrected chi connectivity index (χ0v) is 18.8. The minimum absolute atomic E-state index is 0.258. The number of nitrogens with zero attached hydrogens (tertiary/aromatic N) is 2. The number of amides is 2. The number of hydrogen-bond donors (Lipinski definition) is 1. The van der Waals surface area contributed by atoms with Gasteiger partial charge >= 0.3 is 6.03 Å². The first-order valence-electron chi connectivity index (χ1n) is 10.4. The molecule has 2 amide bonds. The Kier molecular flexibility index (Phi) is 7.10. The largest absolute Gasteiger partial charge is 0.495 e. The van der Waals surface area contributed by atoms with E-state index >= 15 is 0 Å². The Labute approximate surface area is 196 Å². The fraction of sp³-hybridized carbons (Fsp3) is 0.200. The van der Waals surface area contributed by atoms with Gasteiger partial charge in [0.15, 0.2) is 6.10 Å². The molecule has 33 heavy (non-hydrogen) atoms. The summed E-state index contributed by atoms with van der Waals surface area (Å²) in [6.07, 6.45) is 0.0684. The third kappa shape index (κ3) is 5.62. The molecule has 1 aliphatic heterocycles. The monoisotopic (exact) mass is 467 g/mol. The van der Waals surface area contributed by atoms with Crippen LogP contribution in [-0.4, -0.2) is 36.4 Å². The lowest BCUT2D eigenvalue weighted by atomic mass is 10.0. The summed E-state index contributed by atoms with van der Waals surface area (Å²) in [4.78, 5) is 20.5. The number of para-hydroxylation sites is 2. The molecule has 3 aromatic rings. The molecule has 1 heterocycles. The van der Waals surface area contributed by atoms with Gasteiger partial charge in [0.1, 0.15) is 11.6 Å². The van der Waals surface area contributed by atoms with Crippen LogP contribution in [0.25, 0.3) is 0 Å². The fourth-order valence-electron chi connectivity index (χ4n) is 3.60. The van der Waals surface area contributed by atoms with Gasteiger partial charge in [-0.3, -0.25) is 0 Å². The van der Waals surface area contributed by atoms with Crippen molar-refractivity contribution in [2.45, 2.75) is 19.1 Å². The molecule has 0 saturated carbocycles. The van der Waals surface area contributed by atoms with Gasteiger partial charge in [-0.2, -0.15) is 0 Å². The normalized spacial score (nSPS) is 14.9. The minimum Gasteiger partial charge on any atom is -0.495 e. The Morgan fingerprint density at radius 1 is 1.18 bits per heavy atom. The van der Waals surface area contributed by atoms with Crippen molar-refractivity contribution in [1.82, 2.24) is 4.90 Å². The molecule has 0 aliphatic carbocycles. The first-order valence-corrected chi connectivity index (χ1v) is 10.8. The van der Waals surface area contributed by atoms with Crippen molar-refractivity contribution in [1.29, 1.82) is 0 Å². The van der Waals surface area contributed by atoms with Crippen LogP contribution in [0.1, 0.15) is 17.5 Å². The number of halogens is 2. The lowest BCUT2D eigenvalue weighted by Gasteiger charge is -2.26. The van der Waals surface area contributed by atoms with Gasteiger partial charge < -0.3 is 19.8 Å². The molecule has 1 unspecified atom stereocenters. The van der Waals surface area contributed by atoms with Crippen LogP contribution >= 0.6 is 11.6 Å². The zero-order valence-electron chi connectivity index (χ0n) is 18.0. The van der Waals surface area contributed by atoms with E-state index in [1.807, 2.05) is 30.3 Å². The second-order valence-electron chi connectivity index (χ2n) is 7.58. The molecule has 0 bridgehead atoms. The third-order valence-electron chi connectivity index (χ3n) is 5.27. The van der Waals surface area contributed by atoms with Gasteiger partial charge in [0.2, 0.25) is 0 Å². The van der Waals surface area contributed by atoms with Crippen LogP contribution in [-0.2, 0) is 11.4 Å². The number of carbonyl (C=O) groups excluding carboxylic acids is 1. The Morgan fingerprint density at radius 2 is 1.97 bits per heavy atom. The second-order valence-corrected chi connectivity index (χ2v) is 7.99. The topological polar surface area (TPSA) is 63.2 Å². The number of urea groups is 1. The van der Waals surface area contributed by atoms with Gasteiger partial charge in [-0.15, -0.1) is 0 Å². The number of nitrogens with one attached hydrogen (secondary N) is 1. The second kappa shape index (κ2) is 10.4. The van der Waals surface area contributed by atoms with E-state index in [0.717, 1.165) is 5.56 Å². The highest BCUT2D eigenvalue weighted by Gasteiger charge is 2.28. The van der Waals surface area contributed by atoms with E-state index in [2.05, 4.69) is 10.5 Å². The van der Waals surface area contributed by atoms with Crippen LogP contribution in [0.5, 0.6) is 5.75 Å². The van der Waals surface area contributed by atoms with Crippen molar-refractivity contribution in [2.24, 2.45) is 5.16 Å². The van der Waals surface area contributed by atoms with Gasteiger partial charge in [0.05, 0.1) is 25.1 Å². The molecule has 1 aliphatic rings. The number of methoxy groups -OCH3 is 1. The zero-order chi connectivity index (χ0) is 23.2. The van der Waals surface area contributed by atoms with Crippen LogP contribution in [0.15, 0.2) is 78.0 Å². The SMILES string of the molecule is COc1ccccc1NC(=O)N(Cc1ccccc1Cl)CC1CC(c2cccc(F)c2)=NO1. The van der Waals surface area contributed by atoms with Gasteiger partial charge in [-0.1, -0.05) is 59.2 Å². The Bertz CT molecular complexity index is 1170. The predicted octanol–water partition coefficient (Wildman–Crippen LogP) is 5.72. The van der Waals surface area contributed by atoms with Crippen LogP contribution in [0.3, 0.4) is 0 Å². The van der Waals surface area contributed by atoms with Crippen molar-refractivity contribution < 1.29 is 18.8 Å². The number of ether oxygens (including phenoxy) is 1. The Morgan fingerprint density at radius 3 is 2.76 bits per heavy atom. The molecule has 1 atom stereocenters. The highest BCUT2D eigenvalue weighted by Crippen LogP contribution is 2.25. The molecule has 3 aromatic carbocycles. The molecule has 0 radical (unpaired) electrons. The number of rotatable bonds is 7. The van der Waals surface area contributed by atoms with E-state index in [1.165, 1.54) is 12.1 Å². The molecule has 0 aromatic heterocycles. The summed E-state index contributed by atoms with van der Waals surface area (Å²) in [7, 11) is 1.55. The first kappa shape index (κ1) is 22.6. The third-order valence-corrected chi connectivity index (χ3v) is 5.64. The fourth-order valence-corrected chi connectivity index (χ4v) is 3.80.